The first kappa shape index (κ1) is 13.5. The fourth-order valence-electron chi connectivity index (χ4n) is 2.74. The van der Waals surface area contributed by atoms with Crippen LogP contribution in [0.4, 0.5) is 0 Å². The maximum Gasteiger partial charge on any atom is 0.116 e. The van der Waals surface area contributed by atoms with Gasteiger partial charge in [0, 0.05) is 5.92 Å². The zero-order valence-electron chi connectivity index (χ0n) is 11.2. The van der Waals surface area contributed by atoms with Gasteiger partial charge in [0.15, 0.2) is 0 Å². The summed E-state index contributed by atoms with van der Waals surface area (Å²) in [4.78, 5) is 8.96. The van der Waals surface area contributed by atoms with E-state index in [2.05, 4.69) is 4.90 Å². The number of nitrogens with two attached hydrogens (primary N) is 1. The second-order valence-electron chi connectivity index (χ2n) is 5.65. The summed E-state index contributed by atoms with van der Waals surface area (Å²) >= 11 is 6.89. The summed E-state index contributed by atoms with van der Waals surface area (Å²) in [7, 11) is 0. The van der Waals surface area contributed by atoms with Gasteiger partial charge < -0.3 is 5.73 Å². The fraction of sp³-hybridized carbons (Fsp3) is 0.714. The van der Waals surface area contributed by atoms with Crippen LogP contribution in [0.5, 0.6) is 0 Å². The normalized spacial score (nSPS) is 21.3. The summed E-state index contributed by atoms with van der Waals surface area (Å²) in [5.74, 6) is 0.630. The molecular formula is C14H21N3S2. The van der Waals surface area contributed by atoms with E-state index in [1.54, 1.807) is 11.3 Å². The van der Waals surface area contributed by atoms with Gasteiger partial charge >= 0.3 is 0 Å². The molecule has 1 saturated carbocycles. The third-order valence-electron chi connectivity index (χ3n) is 3.94. The lowest BCUT2D eigenvalue weighted by atomic mass is 10.2. The van der Waals surface area contributed by atoms with Crippen molar-refractivity contribution in [2.75, 3.05) is 13.1 Å². The van der Waals surface area contributed by atoms with Crippen LogP contribution >= 0.6 is 23.6 Å². The van der Waals surface area contributed by atoms with Crippen LogP contribution in [0.1, 0.15) is 60.0 Å². The molecule has 1 aromatic heterocycles. The molecule has 0 atom stereocenters. The minimum atomic E-state index is 0.529. The first-order chi connectivity index (χ1) is 9.24. The van der Waals surface area contributed by atoms with Gasteiger partial charge in [-0.05, 0) is 38.8 Å². The number of thiazole rings is 1. The van der Waals surface area contributed by atoms with E-state index in [4.69, 9.17) is 22.9 Å². The Balaban J connectivity index is 1.73. The molecule has 0 amide bonds. The van der Waals surface area contributed by atoms with E-state index < -0.39 is 0 Å². The number of hydrogen-bond donors (Lipinski definition) is 1. The van der Waals surface area contributed by atoms with Crippen molar-refractivity contribution in [2.24, 2.45) is 5.73 Å². The van der Waals surface area contributed by atoms with Gasteiger partial charge in [0.2, 0.25) is 0 Å². The lowest BCUT2D eigenvalue weighted by molar-refractivity contribution is 0.276. The van der Waals surface area contributed by atoms with Crippen molar-refractivity contribution < 1.29 is 0 Å². The van der Waals surface area contributed by atoms with Crippen molar-refractivity contribution in [3.63, 3.8) is 0 Å². The minimum Gasteiger partial charge on any atom is -0.389 e. The van der Waals surface area contributed by atoms with Crippen LogP contribution in [-0.2, 0) is 6.54 Å². The van der Waals surface area contributed by atoms with Gasteiger partial charge in [-0.3, -0.25) is 4.90 Å². The van der Waals surface area contributed by atoms with E-state index in [0.29, 0.717) is 10.9 Å². The molecule has 1 saturated heterocycles. The summed E-state index contributed by atoms with van der Waals surface area (Å²) in [5.41, 5.74) is 7.02. The van der Waals surface area contributed by atoms with Crippen molar-refractivity contribution in [1.29, 1.82) is 0 Å². The highest BCUT2D eigenvalue weighted by Crippen LogP contribution is 2.42. The molecule has 2 fully saturated rings. The van der Waals surface area contributed by atoms with Crippen LogP contribution in [0.2, 0.25) is 0 Å². The maximum atomic E-state index is 5.84. The first-order valence-corrected chi connectivity index (χ1v) is 8.48. The predicted octanol–water partition coefficient (Wildman–Crippen LogP) is 3.03. The monoisotopic (exact) mass is 295 g/mol. The van der Waals surface area contributed by atoms with Crippen LogP contribution in [0.25, 0.3) is 0 Å². The number of rotatable bonds is 4. The zero-order chi connectivity index (χ0) is 13.2. The molecule has 0 aromatic carbocycles. The van der Waals surface area contributed by atoms with Gasteiger partial charge in [-0.15, -0.1) is 11.3 Å². The average Bonchev–Trinajstić information content (AvgIpc) is 3.16. The predicted molar refractivity (Wildman–Crippen MR) is 83.7 cm³/mol. The third-order valence-corrected chi connectivity index (χ3v) is 5.37. The smallest absolute Gasteiger partial charge is 0.116 e. The van der Waals surface area contributed by atoms with Gasteiger partial charge in [-0.25, -0.2) is 4.98 Å². The molecule has 1 aliphatic heterocycles. The third kappa shape index (κ3) is 3.33. The van der Waals surface area contributed by atoms with Crippen molar-refractivity contribution >= 4 is 28.5 Å². The van der Waals surface area contributed by atoms with E-state index in [0.717, 1.165) is 11.4 Å². The summed E-state index contributed by atoms with van der Waals surface area (Å²) in [6, 6.07) is 0. The Bertz CT molecular complexity index is 457. The van der Waals surface area contributed by atoms with Gasteiger partial charge in [0.25, 0.3) is 0 Å². The standard InChI is InChI=1S/C14H21N3S2/c15-14(18)13-12(10-5-6-10)16-11(19-13)9-17-7-3-1-2-4-8-17/h10H,1-9H2,(H2,15,18). The minimum absolute atomic E-state index is 0.529. The molecule has 1 aliphatic carbocycles. The Labute approximate surface area is 124 Å². The second-order valence-corrected chi connectivity index (χ2v) is 7.17. The van der Waals surface area contributed by atoms with Crippen LogP contribution < -0.4 is 5.73 Å². The van der Waals surface area contributed by atoms with E-state index in [-0.39, 0.29) is 0 Å². The van der Waals surface area contributed by atoms with Crippen molar-refractivity contribution in [1.82, 2.24) is 9.88 Å². The summed E-state index contributed by atoms with van der Waals surface area (Å²) in [6.07, 6.45) is 7.90. The molecular weight excluding hydrogens is 274 g/mol. The van der Waals surface area contributed by atoms with Gasteiger partial charge in [0.05, 0.1) is 17.1 Å². The molecule has 2 heterocycles. The Hall–Kier alpha value is -0.520. The Morgan fingerprint density at radius 1 is 1.26 bits per heavy atom. The van der Waals surface area contributed by atoms with E-state index >= 15 is 0 Å². The Kier molecular flexibility index (Phi) is 4.15. The Morgan fingerprint density at radius 2 is 1.95 bits per heavy atom. The van der Waals surface area contributed by atoms with E-state index in [9.17, 15) is 0 Å². The highest BCUT2D eigenvalue weighted by atomic mass is 32.1. The molecule has 1 aromatic rings. The lowest BCUT2D eigenvalue weighted by Crippen LogP contribution is -2.23. The molecule has 0 radical (unpaired) electrons. The molecule has 5 heteroatoms. The summed E-state index contributed by atoms with van der Waals surface area (Å²) in [5, 5.41) is 1.20. The summed E-state index contributed by atoms with van der Waals surface area (Å²) in [6.45, 7) is 3.40. The number of thiocarbonyl (C=S) groups is 1. The molecule has 19 heavy (non-hydrogen) atoms. The maximum absolute atomic E-state index is 5.84. The zero-order valence-corrected chi connectivity index (χ0v) is 12.9. The van der Waals surface area contributed by atoms with Crippen LogP contribution in [-0.4, -0.2) is 28.0 Å². The molecule has 0 unspecified atom stereocenters. The SMILES string of the molecule is NC(=S)c1sc(CN2CCCCCC2)nc1C1CC1. The molecule has 104 valence electrons. The fourth-order valence-corrected chi connectivity index (χ4v) is 4.02. The van der Waals surface area contributed by atoms with Gasteiger partial charge in [-0.2, -0.15) is 0 Å². The first-order valence-electron chi connectivity index (χ1n) is 7.26. The van der Waals surface area contributed by atoms with Crippen molar-refractivity contribution in [3.05, 3.63) is 15.6 Å². The topological polar surface area (TPSA) is 42.1 Å². The molecule has 2 N–H and O–H groups in total. The number of likely N-dealkylation sites (tertiary alicyclic amines) is 1. The van der Waals surface area contributed by atoms with Crippen LogP contribution in [0, 0.1) is 0 Å². The quantitative estimate of drug-likeness (QED) is 0.867. The highest BCUT2D eigenvalue weighted by Gasteiger charge is 2.30. The highest BCUT2D eigenvalue weighted by molar-refractivity contribution is 7.81. The van der Waals surface area contributed by atoms with Gasteiger partial charge in [0.1, 0.15) is 10.00 Å². The summed E-state index contributed by atoms with van der Waals surface area (Å²) < 4.78 is 0. The number of nitrogens with zero attached hydrogens (tertiary/aromatic N) is 2. The largest absolute Gasteiger partial charge is 0.389 e. The molecule has 0 bridgehead atoms. The number of hydrogen-bond acceptors (Lipinski definition) is 4. The lowest BCUT2D eigenvalue weighted by Gasteiger charge is -2.17. The Morgan fingerprint density at radius 3 is 2.53 bits per heavy atom. The van der Waals surface area contributed by atoms with Crippen molar-refractivity contribution in [3.8, 4) is 0 Å². The molecule has 2 aliphatic rings. The number of aromatic nitrogens is 1. The van der Waals surface area contributed by atoms with Gasteiger partial charge in [-0.1, -0.05) is 25.1 Å². The second kappa shape index (κ2) is 5.85. The van der Waals surface area contributed by atoms with Crippen molar-refractivity contribution in [2.45, 2.75) is 51.0 Å². The molecule has 0 spiro atoms. The molecule has 3 rings (SSSR count). The average molecular weight is 295 g/mol. The molecule has 3 nitrogen and oxygen atoms in total. The van der Waals surface area contributed by atoms with E-state index in [1.807, 2.05) is 0 Å². The van der Waals surface area contributed by atoms with E-state index in [1.165, 1.54) is 62.3 Å². The van der Waals surface area contributed by atoms with Crippen LogP contribution in [0.15, 0.2) is 0 Å². The van der Waals surface area contributed by atoms with Crippen LogP contribution in [0.3, 0.4) is 0 Å².